The van der Waals surface area contributed by atoms with Gasteiger partial charge in [0, 0.05) is 6.54 Å². The molecule has 2 aromatic rings. The maximum Gasteiger partial charge on any atom is 0.335 e. The fourth-order valence-electron chi connectivity index (χ4n) is 1.86. The van der Waals surface area contributed by atoms with Crippen molar-refractivity contribution in [1.29, 1.82) is 0 Å². The van der Waals surface area contributed by atoms with Crippen LogP contribution in [0.25, 0.3) is 0 Å². The zero-order valence-corrected chi connectivity index (χ0v) is 12.3. The van der Waals surface area contributed by atoms with E-state index in [9.17, 15) is 9.59 Å². The maximum atomic E-state index is 12.1. The van der Waals surface area contributed by atoms with Crippen LogP contribution in [0, 0.1) is 0 Å². The van der Waals surface area contributed by atoms with E-state index in [1.54, 1.807) is 18.2 Å². The Morgan fingerprint density at radius 1 is 1.38 bits per heavy atom. The fraction of sp³-hybridized carbons (Fsp3) is 0.286. The first-order chi connectivity index (χ1) is 10.1. The normalized spacial score (nSPS) is 10.3. The molecule has 1 aromatic heterocycles. The SMILES string of the molecule is CCCc1nnsc1C(=O)NCc1cccc(C(=O)O)c1. The standard InChI is InChI=1S/C14H15N3O3S/c1-2-4-11-12(21-17-16-11)13(18)15-8-9-5-3-6-10(7-9)14(19)20/h3,5-7H,2,4,8H2,1H3,(H,15,18)(H,19,20). The third kappa shape index (κ3) is 3.85. The van der Waals surface area contributed by atoms with E-state index in [1.807, 2.05) is 6.92 Å². The molecule has 0 aliphatic rings. The van der Waals surface area contributed by atoms with Crippen LogP contribution in [-0.2, 0) is 13.0 Å². The molecular formula is C14H15N3O3S. The zero-order valence-electron chi connectivity index (χ0n) is 11.5. The average Bonchev–Trinajstić information content (AvgIpc) is 2.94. The van der Waals surface area contributed by atoms with Crippen molar-refractivity contribution in [2.75, 3.05) is 0 Å². The average molecular weight is 305 g/mol. The van der Waals surface area contributed by atoms with Crippen molar-refractivity contribution in [3.8, 4) is 0 Å². The van der Waals surface area contributed by atoms with Crippen molar-refractivity contribution < 1.29 is 14.7 Å². The molecule has 0 spiro atoms. The highest BCUT2D eigenvalue weighted by Gasteiger charge is 2.15. The highest BCUT2D eigenvalue weighted by molar-refractivity contribution is 7.08. The quantitative estimate of drug-likeness (QED) is 0.853. The van der Waals surface area contributed by atoms with Gasteiger partial charge in [-0.15, -0.1) is 5.10 Å². The third-order valence-corrected chi connectivity index (χ3v) is 3.64. The number of aromatic carboxylic acids is 1. The van der Waals surface area contributed by atoms with Crippen molar-refractivity contribution in [3.63, 3.8) is 0 Å². The second kappa shape index (κ2) is 6.94. The summed E-state index contributed by atoms with van der Waals surface area (Å²) >= 11 is 1.07. The highest BCUT2D eigenvalue weighted by Crippen LogP contribution is 2.13. The fourth-order valence-corrected chi connectivity index (χ4v) is 2.48. The number of nitrogens with one attached hydrogen (secondary N) is 1. The molecule has 0 atom stereocenters. The number of amides is 1. The molecule has 0 saturated heterocycles. The van der Waals surface area contributed by atoms with Crippen LogP contribution < -0.4 is 5.32 Å². The van der Waals surface area contributed by atoms with E-state index in [1.165, 1.54) is 6.07 Å². The number of carbonyl (C=O) groups excluding carboxylic acids is 1. The number of benzene rings is 1. The predicted octanol–water partition coefficient (Wildman–Crippen LogP) is 2.12. The summed E-state index contributed by atoms with van der Waals surface area (Å²) in [6, 6.07) is 6.48. The second-order valence-electron chi connectivity index (χ2n) is 4.49. The largest absolute Gasteiger partial charge is 0.478 e. The first kappa shape index (κ1) is 15.1. The molecule has 7 heteroatoms. The molecule has 0 aliphatic heterocycles. The maximum absolute atomic E-state index is 12.1. The van der Waals surface area contributed by atoms with Gasteiger partial charge < -0.3 is 10.4 Å². The van der Waals surface area contributed by atoms with Crippen LogP contribution in [-0.4, -0.2) is 26.6 Å². The van der Waals surface area contributed by atoms with Crippen LogP contribution in [0.1, 0.15) is 44.6 Å². The lowest BCUT2D eigenvalue weighted by atomic mass is 10.1. The summed E-state index contributed by atoms with van der Waals surface area (Å²) in [5.74, 6) is -1.21. The number of aryl methyl sites for hydroxylation is 1. The topological polar surface area (TPSA) is 92.2 Å². The zero-order chi connectivity index (χ0) is 15.2. The Hall–Kier alpha value is -2.28. The van der Waals surface area contributed by atoms with E-state index in [2.05, 4.69) is 14.9 Å². The van der Waals surface area contributed by atoms with E-state index in [4.69, 9.17) is 5.11 Å². The highest BCUT2D eigenvalue weighted by atomic mass is 32.1. The number of hydrogen-bond donors (Lipinski definition) is 2. The third-order valence-electron chi connectivity index (χ3n) is 2.88. The lowest BCUT2D eigenvalue weighted by Crippen LogP contribution is -2.23. The van der Waals surface area contributed by atoms with Gasteiger partial charge in [-0.05, 0) is 35.6 Å². The summed E-state index contributed by atoms with van der Waals surface area (Å²) in [5, 5.41) is 15.6. The summed E-state index contributed by atoms with van der Waals surface area (Å²) in [6.07, 6.45) is 1.61. The lowest BCUT2D eigenvalue weighted by Gasteiger charge is -2.05. The van der Waals surface area contributed by atoms with Crippen LogP contribution in [0.2, 0.25) is 0 Å². The van der Waals surface area contributed by atoms with E-state index >= 15 is 0 Å². The minimum Gasteiger partial charge on any atom is -0.478 e. The van der Waals surface area contributed by atoms with E-state index in [0.717, 1.165) is 23.5 Å². The number of carbonyl (C=O) groups is 2. The van der Waals surface area contributed by atoms with Crippen molar-refractivity contribution in [2.45, 2.75) is 26.3 Å². The smallest absolute Gasteiger partial charge is 0.335 e. The molecule has 0 bridgehead atoms. The van der Waals surface area contributed by atoms with Gasteiger partial charge in [-0.2, -0.15) is 0 Å². The van der Waals surface area contributed by atoms with Gasteiger partial charge in [0.2, 0.25) is 0 Å². The Labute approximate surface area is 126 Å². The molecule has 0 radical (unpaired) electrons. The Morgan fingerprint density at radius 2 is 2.19 bits per heavy atom. The molecule has 6 nitrogen and oxygen atoms in total. The monoisotopic (exact) mass is 305 g/mol. The van der Waals surface area contributed by atoms with E-state index in [0.29, 0.717) is 17.0 Å². The molecule has 0 fully saturated rings. The molecule has 1 aromatic carbocycles. The number of nitrogens with zero attached hydrogens (tertiary/aromatic N) is 2. The van der Waals surface area contributed by atoms with Crippen LogP contribution >= 0.6 is 11.5 Å². The summed E-state index contributed by atoms with van der Waals surface area (Å²) < 4.78 is 3.81. The van der Waals surface area contributed by atoms with Gasteiger partial charge >= 0.3 is 5.97 Å². The van der Waals surface area contributed by atoms with Crippen LogP contribution in [0.5, 0.6) is 0 Å². The Kier molecular flexibility index (Phi) is 4.99. The Bertz CT molecular complexity index is 654. The van der Waals surface area contributed by atoms with Gasteiger partial charge in [0.25, 0.3) is 5.91 Å². The van der Waals surface area contributed by atoms with Crippen molar-refractivity contribution in [2.24, 2.45) is 0 Å². The van der Waals surface area contributed by atoms with Gasteiger partial charge in [0.1, 0.15) is 4.88 Å². The number of carboxylic acids is 1. The Morgan fingerprint density at radius 3 is 2.90 bits per heavy atom. The minimum absolute atomic E-state index is 0.202. The molecule has 21 heavy (non-hydrogen) atoms. The minimum atomic E-state index is -0.986. The van der Waals surface area contributed by atoms with Crippen LogP contribution in [0.3, 0.4) is 0 Å². The number of aromatic nitrogens is 2. The van der Waals surface area contributed by atoms with E-state index in [-0.39, 0.29) is 18.0 Å². The van der Waals surface area contributed by atoms with Gasteiger partial charge in [-0.1, -0.05) is 30.0 Å². The van der Waals surface area contributed by atoms with Gasteiger partial charge in [-0.3, -0.25) is 4.79 Å². The van der Waals surface area contributed by atoms with Crippen LogP contribution in [0.4, 0.5) is 0 Å². The molecule has 110 valence electrons. The van der Waals surface area contributed by atoms with Gasteiger partial charge in [0.05, 0.1) is 11.3 Å². The van der Waals surface area contributed by atoms with Crippen molar-refractivity contribution in [1.82, 2.24) is 14.9 Å². The second-order valence-corrected chi connectivity index (χ2v) is 5.24. The first-order valence-electron chi connectivity index (χ1n) is 6.53. The molecule has 1 heterocycles. The molecule has 0 aliphatic carbocycles. The number of rotatable bonds is 6. The van der Waals surface area contributed by atoms with Crippen molar-refractivity contribution >= 4 is 23.4 Å². The molecular weight excluding hydrogens is 290 g/mol. The molecule has 1 amide bonds. The summed E-state index contributed by atoms with van der Waals surface area (Å²) in [7, 11) is 0. The predicted molar refractivity (Wildman–Crippen MR) is 78.5 cm³/mol. The summed E-state index contributed by atoms with van der Waals surface area (Å²) in [6.45, 7) is 2.28. The molecule has 0 unspecified atom stereocenters. The lowest BCUT2D eigenvalue weighted by molar-refractivity contribution is 0.0696. The number of hydrogen-bond acceptors (Lipinski definition) is 5. The Balaban J connectivity index is 2.02. The number of carboxylic acid groups (broad SMARTS) is 1. The summed E-state index contributed by atoms with van der Waals surface area (Å²) in [4.78, 5) is 23.5. The summed E-state index contributed by atoms with van der Waals surface area (Å²) in [5.41, 5.74) is 1.64. The molecule has 2 N–H and O–H groups in total. The van der Waals surface area contributed by atoms with Gasteiger partial charge in [-0.25, -0.2) is 4.79 Å². The first-order valence-corrected chi connectivity index (χ1v) is 7.30. The van der Waals surface area contributed by atoms with Gasteiger partial charge in [0.15, 0.2) is 0 Å². The van der Waals surface area contributed by atoms with Crippen molar-refractivity contribution in [3.05, 3.63) is 46.0 Å². The molecule has 2 rings (SSSR count). The van der Waals surface area contributed by atoms with E-state index < -0.39 is 5.97 Å². The molecule has 0 saturated carbocycles. The van der Waals surface area contributed by atoms with Crippen LogP contribution in [0.15, 0.2) is 24.3 Å².